The monoisotopic (exact) mass is 203 g/mol. The Morgan fingerprint density at radius 2 is 1.50 bits per heavy atom. The predicted octanol–water partition coefficient (Wildman–Crippen LogP) is 3.02. The van der Waals surface area contributed by atoms with Crippen LogP contribution in [-0.4, -0.2) is 16.5 Å². The molecule has 3 heteroatoms. The minimum Gasteiger partial charge on any atom is -0.265 e. The first-order valence-electron chi connectivity index (χ1n) is 3.93. The van der Waals surface area contributed by atoms with E-state index in [-0.39, 0.29) is 12.4 Å². The summed E-state index contributed by atoms with van der Waals surface area (Å²) >= 11 is 2.07. The Bertz CT molecular complexity index is 131. The van der Waals surface area contributed by atoms with Gasteiger partial charge in [-0.1, -0.05) is 6.07 Å². The van der Waals surface area contributed by atoms with E-state index in [1.54, 1.807) is 12.4 Å². The lowest BCUT2D eigenvalue weighted by atomic mass is 10.4. The zero-order valence-electron chi connectivity index (χ0n) is 6.98. The van der Waals surface area contributed by atoms with Crippen LogP contribution in [0.1, 0.15) is 12.8 Å². The van der Waals surface area contributed by atoms with Crippen LogP contribution in [-0.2, 0) is 0 Å². The molecule has 1 fully saturated rings. The molecule has 1 nitrogen and oxygen atoms in total. The largest absolute Gasteiger partial charge is 0.265 e. The van der Waals surface area contributed by atoms with Gasteiger partial charge in [0.15, 0.2) is 0 Å². The van der Waals surface area contributed by atoms with Crippen LogP contribution in [0.2, 0.25) is 0 Å². The van der Waals surface area contributed by atoms with E-state index in [4.69, 9.17) is 0 Å². The lowest BCUT2D eigenvalue weighted by molar-refractivity contribution is 0.949. The van der Waals surface area contributed by atoms with Gasteiger partial charge in [-0.25, -0.2) is 0 Å². The number of hydrogen-bond donors (Lipinski definition) is 0. The average Bonchev–Trinajstić information content (AvgIpc) is 2.64. The molecule has 0 saturated carbocycles. The van der Waals surface area contributed by atoms with Crippen LogP contribution >= 0.6 is 24.2 Å². The first-order chi connectivity index (χ1) is 5.50. The topological polar surface area (TPSA) is 12.9 Å². The van der Waals surface area contributed by atoms with Gasteiger partial charge in [0, 0.05) is 12.4 Å². The third kappa shape index (κ3) is 6.50. The summed E-state index contributed by atoms with van der Waals surface area (Å²) in [5.74, 6) is 2.83. The maximum absolute atomic E-state index is 3.78. The third-order valence-corrected chi connectivity index (χ3v) is 2.55. The Morgan fingerprint density at radius 1 is 0.917 bits per heavy atom. The van der Waals surface area contributed by atoms with Gasteiger partial charge in [-0.15, -0.1) is 12.4 Å². The molecule has 0 bridgehead atoms. The molecule has 0 atom stereocenters. The third-order valence-electron chi connectivity index (χ3n) is 1.39. The number of pyridine rings is 1. The molecular weight excluding hydrogens is 190 g/mol. The van der Waals surface area contributed by atoms with Crippen molar-refractivity contribution in [1.82, 2.24) is 4.98 Å². The van der Waals surface area contributed by atoms with Gasteiger partial charge in [-0.3, -0.25) is 4.98 Å². The predicted molar refractivity (Wildman–Crippen MR) is 58.0 cm³/mol. The smallest absolute Gasteiger partial charge is 0.0267 e. The molecule has 0 N–H and O–H groups in total. The van der Waals surface area contributed by atoms with Crippen LogP contribution in [0.15, 0.2) is 30.6 Å². The van der Waals surface area contributed by atoms with E-state index in [0.717, 1.165) is 0 Å². The van der Waals surface area contributed by atoms with Crippen molar-refractivity contribution in [2.24, 2.45) is 0 Å². The molecule has 2 rings (SSSR count). The quantitative estimate of drug-likeness (QED) is 0.643. The van der Waals surface area contributed by atoms with Crippen molar-refractivity contribution in [3.63, 3.8) is 0 Å². The standard InChI is InChI=1S/C5H5N.C4H8S.ClH/c1-2-4-6-5-3-1;1-2-4-5-3-1;/h1-5H;1-4H2;1H. The zero-order valence-corrected chi connectivity index (χ0v) is 8.61. The summed E-state index contributed by atoms with van der Waals surface area (Å²) in [5, 5.41) is 0. The second-order valence-electron chi connectivity index (χ2n) is 2.34. The lowest BCUT2D eigenvalue weighted by Gasteiger charge is -1.70. The van der Waals surface area contributed by atoms with E-state index < -0.39 is 0 Å². The van der Waals surface area contributed by atoms with Gasteiger partial charge in [0.05, 0.1) is 0 Å². The van der Waals surface area contributed by atoms with Crippen LogP contribution in [0.25, 0.3) is 0 Å². The molecule has 1 aromatic heterocycles. The first-order valence-corrected chi connectivity index (χ1v) is 5.08. The van der Waals surface area contributed by atoms with Crippen molar-refractivity contribution in [2.75, 3.05) is 11.5 Å². The summed E-state index contributed by atoms with van der Waals surface area (Å²) in [6.07, 6.45) is 6.43. The van der Waals surface area contributed by atoms with E-state index in [2.05, 4.69) is 16.7 Å². The number of halogens is 1. The molecule has 0 amide bonds. The molecule has 0 radical (unpaired) electrons. The minimum absolute atomic E-state index is 0. The van der Waals surface area contributed by atoms with Gasteiger partial charge >= 0.3 is 0 Å². The van der Waals surface area contributed by atoms with Gasteiger partial charge in [0.25, 0.3) is 0 Å². The lowest BCUT2D eigenvalue weighted by Crippen LogP contribution is -1.58. The minimum atomic E-state index is 0. The van der Waals surface area contributed by atoms with Gasteiger partial charge in [-0.2, -0.15) is 11.8 Å². The Morgan fingerprint density at radius 3 is 1.67 bits per heavy atom. The number of rotatable bonds is 0. The maximum Gasteiger partial charge on any atom is 0.0267 e. The van der Waals surface area contributed by atoms with E-state index in [9.17, 15) is 0 Å². The summed E-state index contributed by atoms with van der Waals surface area (Å²) in [7, 11) is 0. The summed E-state index contributed by atoms with van der Waals surface area (Å²) in [6.45, 7) is 0. The van der Waals surface area contributed by atoms with E-state index >= 15 is 0 Å². The Kier molecular flexibility index (Phi) is 8.73. The summed E-state index contributed by atoms with van der Waals surface area (Å²) in [4.78, 5) is 3.78. The second-order valence-corrected chi connectivity index (χ2v) is 3.57. The molecule has 1 aliphatic rings. The number of thioether (sulfide) groups is 1. The molecule has 12 heavy (non-hydrogen) atoms. The van der Waals surface area contributed by atoms with Gasteiger partial charge < -0.3 is 0 Å². The summed E-state index contributed by atoms with van der Waals surface area (Å²) < 4.78 is 0. The highest BCUT2D eigenvalue weighted by Crippen LogP contribution is 2.14. The van der Waals surface area contributed by atoms with Crippen LogP contribution < -0.4 is 0 Å². The molecular formula is C9H14ClNS. The number of hydrogen-bond acceptors (Lipinski definition) is 2. The SMILES string of the molecule is C1CCSC1.Cl.c1ccncc1. The summed E-state index contributed by atoms with van der Waals surface area (Å²) in [5.41, 5.74) is 0. The van der Waals surface area contributed by atoms with Crippen LogP contribution in [0.4, 0.5) is 0 Å². The number of nitrogens with zero attached hydrogens (tertiary/aromatic N) is 1. The molecule has 0 unspecified atom stereocenters. The highest BCUT2D eigenvalue weighted by atomic mass is 35.5. The van der Waals surface area contributed by atoms with Crippen molar-refractivity contribution in [3.8, 4) is 0 Å². The van der Waals surface area contributed by atoms with Crippen molar-refractivity contribution in [3.05, 3.63) is 30.6 Å². The molecule has 0 aliphatic carbocycles. The maximum atomic E-state index is 3.78. The van der Waals surface area contributed by atoms with Gasteiger partial charge in [0.2, 0.25) is 0 Å². The van der Waals surface area contributed by atoms with Crippen molar-refractivity contribution < 1.29 is 0 Å². The molecule has 0 aromatic carbocycles. The summed E-state index contributed by atoms with van der Waals surface area (Å²) in [6, 6.07) is 5.72. The highest BCUT2D eigenvalue weighted by Gasteiger charge is 1.95. The van der Waals surface area contributed by atoms with Crippen LogP contribution in [0, 0.1) is 0 Å². The number of aromatic nitrogens is 1. The van der Waals surface area contributed by atoms with Crippen molar-refractivity contribution >= 4 is 24.2 Å². The zero-order chi connectivity index (χ0) is 7.78. The van der Waals surface area contributed by atoms with Crippen LogP contribution in [0.3, 0.4) is 0 Å². The Labute approximate surface area is 84.4 Å². The molecule has 1 aromatic rings. The molecule has 1 saturated heterocycles. The molecule has 2 heterocycles. The first kappa shape index (κ1) is 11.8. The van der Waals surface area contributed by atoms with Crippen molar-refractivity contribution in [2.45, 2.75) is 12.8 Å². The molecule has 68 valence electrons. The van der Waals surface area contributed by atoms with E-state index in [1.807, 2.05) is 18.2 Å². The normalized spacial score (nSPS) is 14.0. The highest BCUT2D eigenvalue weighted by molar-refractivity contribution is 7.99. The average molecular weight is 204 g/mol. The molecule has 0 spiro atoms. The van der Waals surface area contributed by atoms with Gasteiger partial charge in [0.1, 0.15) is 0 Å². The molecule has 1 aliphatic heterocycles. The van der Waals surface area contributed by atoms with E-state index in [0.29, 0.717) is 0 Å². The van der Waals surface area contributed by atoms with Gasteiger partial charge in [-0.05, 0) is 36.5 Å². The fourth-order valence-electron chi connectivity index (χ4n) is 0.823. The fourth-order valence-corrected chi connectivity index (χ4v) is 1.84. The Balaban J connectivity index is 0.000000189. The second kappa shape index (κ2) is 8.88. The fraction of sp³-hybridized carbons (Fsp3) is 0.444. The van der Waals surface area contributed by atoms with Crippen molar-refractivity contribution in [1.29, 1.82) is 0 Å². The van der Waals surface area contributed by atoms with Crippen LogP contribution in [0.5, 0.6) is 0 Å². The van der Waals surface area contributed by atoms with E-state index in [1.165, 1.54) is 24.3 Å². The Hall–Kier alpha value is -0.210.